The number of ether oxygens (including phenoxy) is 2. The molecule has 0 N–H and O–H groups in total. The third kappa shape index (κ3) is 6.68. The van der Waals surface area contributed by atoms with Crippen LogP contribution in [0, 0.1) is 0 Å². The molecular weight excluding hydrogens is 533 g/mol. The number of nitrogens with zero attached hydrogens (tertiary/aromatic N) is 3. The van der Waals surface area contributed by atoms with Gasteiger partial charge in [-0.15, -0.1) is 0 Å². The van der Waals surface area contributed by atoms with E-state index in [1.807, 2.05) is 0 Å². The van der Waals surface area contributed by atoms with Crippen LogP contribution in [0.4, 0.5) is 15.4 Å². The Kier molecular flexibility index (Phi) is 7.85. The van der Waals surface area contributed by atoms with Crippen LogP contribution in [-0.4, -0.2) is 33.4 Å². The molecule has 1 aromatic heterocycles. The molecule has 2 rings (SSSR count). The van der Waals surface area contributed by atoms with Crippen LogP contribution in [0.2, 0.25) is 15.2 Å². The van der Waals surface area contributed by atoms with Crippen molar-refractivity contribution in [2.75, 3.05) is 4.90 Å². The highest BCUT2D eigenvalue weighted by Gasteiger charge is 2.36. The molecule has 0 unspecified atom stereocenters. The normalized spacial score (nSPS) is 11.8. The number of halogens is 4. The maximum Gasteiger partial charge on any atom is 0.425 e. The Labute approximate surface area is 204 Å². The zero-order valence-electron chi connectivity index (χ0n) is 17.7. The molecule has 2 amide bonds. The molecule has 168 valence electrons. The summed E-state index contributed by atoms with van der Waals surface area (Å²) in [4.78, 5) is 35.3. The number of benzene rings is 1. The number of carbonyl (C=O) groups is 2. The van der Waals surface area contributed by atoms with Gasteiger partial charge in [0.15, 0.2) is 11.0 Å². The van der Waals surface area contributed by atoms with E-state index in [9.17, 15) is 9.59 Å². The molecule has 1 aromatic carbocycles. The van der Waals surface area contributed by atoms with Crippen molar-refractivity contribution in [1.29, 1.82) is 0 Å². The molecule has 0 spiro atoms. The smallest absolute Gasteiger partial charge is 0.425 e. The quantitative estimate of drug-likeness (QED) is 0.382. The van der Waals surface area contributed by atoms with Crippen molar-refractivity contribution in [2.45, 2.75) is 52.7 Å². The van der Waals surface area contributed by atoms with Crippen molar-refractivity contribution in [3.05, 3.63) is 38.0 Å². The van der Waals surface area contributed by atoms with Gasteiger partial charge in [-0.3, -0.25) is 0 Å². The molecule has 0 bridgehead atoms. The maximum atomic E-state index is 13.0. The Bertz CT molecular complexity index is 992. The third-order valence-corrected chi connectivity index (χ3v) is 5.23. The van der Waals surface area contributed by atoms with E-state index in [4.69, 9.17) is 44.3 Å². The Morgan fingerprint density at radius 2 is 1.45 bits per heavy atom. The van der Waals surface area contributed by atoms with Crippen molar-refractivity contribution in [2.24, 2.45) is 0 Å². The molecule has 0 fully saturated rings. The number of rotatable bonds is 2. The molecule has 7 nitrogen and oxygen atoms in total. The minimum atomic E-state index is -1.02. The molecule has 0 radical (unpaired) electrons. The van der Waals surface area contributed by atoms with Crippen LogP contribution in [-0.2, 0) is 9.47 Å². The average molecular weight is 554 g/mol. The van der Waals surface area contributed by atoms with E-state index in [1.54, 1.807) is 59.7 Å². The van der Waals surface area contributed by atoms with Crippen LogP contribution >= 0.6 is 50.7 Å². The summed E-state index contributed by atoms with van der Waals surface area (Å²) in [6, 6.07) is 4.85. The zero-order valence-corrected chi connectivity index (χ0v) is 21.6. The van der Waals surface area contributed by atoms with Gasteiger partial charge < -0.3 is 9.47 Å². The fraction of sp³-hybridized carbons (Fsp3) is 0.400. The van der Waals surface area contributed by atoms with Crippen LogP contribution in [0.25, 0.3) is 11.3 Å². The summed E-state index contributed by atoms with van der Waals surface area (Å²) < 4.78 is 11.0. The van der Waals surface area contributed by atoms with E-state index >= 15 is 0 Å². The summed E-state index contributed by atoms with van der Waals surface area (Å²) in [6.45, 7) is 9.96. The summed E-state index contributed by atoms with van der Waals surface area (Å²) in [6.07, 6.45) is -2.04. The first kappa shape index (κ1) is 25.6. The van der Waals surface area contributed by atoms with Crippen molar-refractivity contribution in [3.8, 4) is 11.3 Å². The lowest BCUT2D eigenvalue weighted by Gasteiger charge is -2.29. The summed E-state index contributed by atoms with van der Waals surface area (Å²) in [5.41, 5.74) is -1.41. The Morgan fingerprint density at radius 1 is 0.935 bits per heavy atom. The van der Waals surface area contributed by atoms with Crippen LogP contribution < -0.4 is 4.90 Å². The Hall–Kier alpha value is -1.61. The summed E-state index contributed by atoms with van der Waals surface area (Å²) in [7, 11) is 0. The number of carbonyl (C=O) groups excluding carboxylic acids is 2. The SMILES string of the molecule is CC(C)(C)OC(=O)N(C(=O)OC(C)(C)C)c1nc(Cl)c(Br)nc1-c1cccc(Cl)c1Cl. The molecule has 11 heteroatoms. The summed E-state index contributed by atoms with van der Waals surface area (Å²) in [5, 5.41) is 0.315. The fourth-order valence-electron chi connectivity index (χ4n) is 2.27. The lowest BCUT2D eigenvalue weighted by Crippen LogP contribution is -2.44. The van der Waals surface area contributed by atoms with E-state index < -0.39 is 23.4 Å². The molecule has 2 aromatic rings. The van der Waals surface area contributed by atoms with Gasteiger partial charge in [0.05, 0.1) is 10.0 Å². The third-order valence-electron chi connectivity index (χ3n) is 3.37. The number of amides is 2. The van der Waals surface area contributed by atoms with E-state index in [0.717, 1.165) is 0 Å². The van der Waals surface area contributed by atoms with Gasteiger partial charge in [-0.25, -0.2) is 19.6 Å². The summed E-state index contributed by atoms with van der Waals surface area (Å²) >= 11 is 21.9. The first-order valence-electron chi connectivity index (χ1n) is 9.04. The van der Waals surface area contributed by atoms with Crippen LogP contribution in [0.5, 0.6) is 0 Å². The van der Waals surface area contributed by atoms with Crippen molar-refractivity contribution in [1.82, 2.24) is 9.97 Å². The van der Waals surface area contributed by atoms with Gasteiger partial charge in [-0.05, 0) is 63.5 Å². The van der Waals surface area contributed by atoms with Gasteiger partial charge in [0.2, 0.25) is 0 Å². The van der Waals surface area contributed by atoms with E-state index in [-0.39, 0.29) is 31.3 Å². The molecule has 0 saturated heterocycles. The Balaban J connectivity index is 2.78. The Morgan fingerprint density at radius 3 is 1.94 bits per heavy atom. The minimum Gasteiger partial charge on any atom is -0.443 e. The lowest BCUT2D eigenvalue weighted by atomic mass is 10.1. The van der Waals surface area contributed by atoms with E-state index in [0.29, 0.717) is 10.5 Å². The average Bonchev–Trinajstić information content (AvgIpc) is 2.57. The molecule has 0 aliphatic rings. The predicted molar refractivity (Wildman–Crippen MR) is 125 cm³/mol. The standard InChI is InChI=1S/C20H21BrCl3N3O4/c1-19(2,3)30-17(28)27(18(29)31-20(4,5)6)16-13(25-14(21)15(24)26-16)10-8-7-9-11(22)12(10)23/h7-9H,1-6H3. The number of hydrogen-bond donors (Lipinski definition) is 0. The zero-order chi connectivity index (χ0) is 23.7. The van der Waals surface area contributed by atoms with Gasteiger partial charge >= 0.3 is 12.2 Å². The van der Waals surface area contributed by atoms with Gasteiger partial charge in [0.1, 0.15) is 21.5 Å². The molecule has 31 heavy (non-hydrogen) atoms. The van der Waals surface area contributed by atoms with Gasteiger partial charge in [0.25, 0.3) is 0 Å². The molecule has 0 aliphatic heterocycles. The molecule has 1 heterocycles. The number of hydrogen-bond acceptors (Lipinski definition) is 6. The number of anilines is 1. The summed E-state index contributed by atoms with van der Waals surface area (Å²) in [5.74, 6) is -0.221. The highest BCUT2D eigenvalue weighted by molar-refractivity contribution is 9.10. The molecule has 0 saturated carbocycles. The molecule has 0 atom stereocenters. The fourth-order valence-corrected chi connectivity index (χ4v) is 3.05. The highest BCUT2D eigenvalue weighted by atomic mass is 79.9. The maximum absolute atomic E-state index is 13.0. The van der Waals surface area contributed by atoms with Gasteiger partial charge in [-0.2, -0.15) is 4.90 Å². The van der Waals surface area contributed by atoms with Crippen molar-refractivity contribution < 1.29 is 19.1 Å². The first-order valence-corrected chi connectivity index (χ1v) is 11.0. The topological polar surface area (TPSA) is 81.6 Å². The largest absolute Gasteiger partial charge is 0.443 e. The van der Waals surface area contributed by atoms with E-state index in [1.165, 1.54) is 0 Å². The van der Waals surface area contributed by atoms with Crippen LogP contribution in [0.1, 0.15) is 41.5 Å². The van der Waals surface area contributed by atoms with Gasteiger partial charge in [0, 0.05) is 5.56 Å². The van der Waals surface area contributed by atoms with Crippen molar-refractivity contribution >= 4 is 68.7 Å². The molecular formula is C20H21BrCl3N3O4. The number of imide groups is 1. The second-order valence-electron chi connectivity index (χ2n) is 8.37. The van der Waals surface area contributed by atoms with E-state index in [2.05, 4.69) is 25.9 Å². The minimum absolute atomic E-state index is 0.0699. The second-order valence-corrected chi connectivity index (χ2v) is 10.3. The number of aromatic nitrogens is 2. The van der Waals surface area contributed by atoms with Crippen molar-refractivity contribution in [3.63, 3.8) is 0 Å². The lowest BCUT2D eigenvalue weighted by molar-refractivity contribution is 0.0429. The predicted octanol–water partition coefficient (Wildman–Crippen LogP) is 7.54. The van der Waals surface area contributed by atoms with Crippen LogP contribution in [0.15, 0.2) is 22.8 Å². The highest BCUT2D eigenvalue weighted by Crippen LogP contribution is 2.39. The first-order chi connectivity index (χ1) is 14.1. The monoisotopic (exact) mass is 551 g/mol. The van der Waals surface area contributed by atoms with Crippen LogP contribution in [0.3, 0.4) is 0 Å². The van der Waals surface area contributed by atoms with Gasteiger partial charge in [-0.1, -0.05) is 46.9 Å². The molecule has 0 aliphatic carbocycles. The second kappa shape index (κ2) is 9.48.